The predicted molar refractivity (Wildman–Crippen MR) is 61.5 cm³/mol. The zero-order valence-corrected chi connectivity index (χ0v) is 9.66. The number of nitrogens with two attached hydrogens (primary N) is 1. The molecule has 2 N–H and O–H groups in total. The smallest absolute Gasteiger partial charge is 0.0795 e. The van der Waals surface area contributed by atoms with Crippen molar-refractivity contribution in [2.75, 3.05) is 0 Å². The molecule has 2 atom stereocenters. The van der Waals surface area contributed by atoms with Crippen LogP contribution < -0.4 is 5.73 Å². The summed E-state index contributed by atoms with van der Waals surface area (Å²) in [6, 6.07) is 6.46. The van der Waals surface area contributed by atoms with Gasteiger partial charge >= 0.3 is 0 Å². The summed E-state index contributed by atoms with van der Waals surface area (Å²) in [6.07, 6.45) is 0.152. The first-order valence-electron chi connectivity index (χ1n) is 5.56. The zero-order chi connectivity index (χ0) is 11.0. The van der Waals surface area contributed by atoms with E-state index in [1.165, 1.54) is 16.7 Å². The topological polar surface area (TPSA) is 35.2 Å². The Morgan fingerprint density at radius 2 is 2.13 bits per heavy atom. The van der Waals surface area contributed by atoms with Gasteiger partial charge in [-0.2, -0.15) is 0 Å². The van der Waals surface area contributed by atoms with Crippen LogP contribution in [0.15, 0.2) is 18.2 Å². The van der Waals surface area contributed by atoms with Gasteiger partial charge in [-0.1, -0.05) is 37.6 Å². The van der Waals surface area contributed by atoms with Crippen molar-refractivity contribution in [3.63, 3.8) is 0 Å². The monoisotopic (exact) mass is 205 g/mol. The second-order valence-electron chi connectivity index (χ2n) is 4.75. The van der Waals surface area contributed by atoms with E-state index >= 15 is 0 Å². The molecule has 0 amide bonds. The molecule has 2 heteroatoms. The fourth-order valence-electron chi connectivity index (χ4n) is 2.23. The summed E-state index contributed by atoms with van der Waals surface area (Å²) in [5.74, 6) is 0.466. The normalized spacial score (nSPS) is 25.4. The lowest BCUT2D eigenvalue weighted by Gasteiger charge is -2.34. The Morgan fingerprint density at radius 3 is 2.80 bits per heavy atom. The van der Waals surface area contributed by atoms with Gasteiger partial charge in [0, 0.05) is 0 Å². The molecule has 1 heterocycles. The number of ether oxygens (including phenoxy) is 1. The van der Waals surface area contributed by atoms with Crippen LogP contribution >= 0.6 is 0 Å². The lowest BCUT2D eigenvalue weighted by atomic mass is 9.88. The fourth-order valence-corrected chi connectivity index (χ4v) is 2.23. The molecule has 0 bridgehead atoms. The number of rotatable bonds is 1. The van der Waals surface area contributed by atoms with Crippen molar-refractivity contribution in [2.24, 2.45) is 11.7 Å². The molecule has 2 nitrogen and oxygen atoms in total. The lowest BCUT2D eigenvalue weighted by Crippen LogP contribution is -2.37. The minimum Gasteiger partial charge on any atom is -0.371 e. The summed E-state index contributed by atoms with van der Waals surface area (Å²) in [5, 5.41) is 0. The third kappa shape index (κ3) is 1.92. The quantitative estimate of drug-likeness (QED) is 0.764. The highest BCUT2D eigenvalue weighted by Gasteiger charge is 2.29. The summed E-state index contributed by atoms with van der Waals surface area (Å²) in [4.78, 5) is 0. The van der Waals surface area contributed by atoms with E-state index in [1.807, 2.05) is 0 Å². The number of aryl methyl sites for hydroxylation is 1. The number of hydrogen-bond donors (Lipinski definition) is 1. The fraction of sp³-hybridized carbons (Fsp3) is 0.538. The minimum absolute atomic E-state index is 0.0219. The third-order valence-corrected chi connectivity index (χ3v) is 3.10. The van der Waals surface area contributed by atoms with Crippen LogP contribution in [0.25, 0.3) is 0 Å². The average Bonchev–Trinajstić information content (AvgIpc) is 2.19. The van der Waals surface area contributed by atoms with Crippen molar-refractivity contribution in [1.29, 1.82) is 0 Å². The van der Waals surface area contributed by atoms with Crippen molar-refractivity contribution in [3.05, 3.63) is 34.9 Å². The highest BCUT2D eigenvalue weighted by molar-refractivity contribution is 5.35. The molecule has 1 aromatic rings. The van der Waals surface area contributed by atoms with Crippen LogP contribution in [-0.4, -0.2) is 6.10 Å². The van der Waals surface area contributed by atoms with Gasteiger partial charge in [-0.25, -0.2) is 0 Å². The number of fused-ring (bicyclic) bond motifs is 1. The Kier molecular flexibility index (Phi) is 2.81. The maximum Gasteiger partial charge on any atom is 0.0795 e. The summed E-state index contributed by atoms with van der Waals surface area (Å²) < 4.78 is 5.79. The third-order valence-electron chi connectivity index (χ3n) is 3.10. The molecule has 0 radical (unpaired) electrons. The van der Waals surface area contributed by atoms with Gasteiger partial charge in [0.25, 0.3) is 0 Å². The van der Waals surface area contributed by atoms with Gasteiger partial charge in [0.1, 0.15) is 0 Å². The van der Waals surface area contributed by atoms with Crippen LogP contribution in [0.4, 0.5) is 0 Å². The van der Waals surface area contributed by atoms with Crippen LogP contribution in [0.5, 0.6) is 0 Å². The van der Waals surface area contributed by atoms with Crippen molar-refractivity contribution < 1.29 is 4.74 Å². The van der Waals surface area contributed by atoms with Gasteiger partial charge in [0.15, 0.2) is 0 Å². The summed E-state index contributed by atoms with van der Waals surface area (Å²) >= 11 is 0. The number of benzene rings is 1. The van der Waals surface area contributed by atoms with E-state index in [0.29, 0.717) is 12.5 Å². The molecule has 0 fully saturated rings. The molecular weight excluding hydrogens is 186 g/mol. The standard InChI is InChI=1S/C13H19NO/c1-8(2)13-12(14)11-6-9(3)4-5-10(11)7-15-13/h4-6,8,12-13H,7,14H2,1-3H3/t12?,13-/m1/s1. The maximum atomic E-state index is 6.24. The van der Waals surface area contributed by atoms with Crippen molar-refractivity contribution in [2.45, 2.75) is 39.5 Å². The summed E-state index contributed by atoms with van der Waals surface area (Å²) in [5.41, 5.74) is 10.0. The van der Waals surface area contributed by atoms with E-state index in [1.54, 1.807) is 0 Å². The molecule has 15 heavy (non-hydrogen) atoms. The van der Waals surface area contributed by atoms with Crippen LogP contribution in [0, 0.1) is 12.8 Å². The van der Waals surface area contributed by atoms with E-state index in [0.717, 1.165) is 0 Å². The van der Waals surface area contributed by atoms with Crippen LogP contribution in [0.3, 0.4) is 0 Å². The largest absolute Gasteiger partial charge is 0.371 e. The maximum absolute atomic E-state index is 6.24. The van der Waals surface area contributed by atoms with Crippen molar-refractivity contribution >= 4 is 0 Å². The predicted octanol–water partition coefficient (Wildman–Crippen LogP) is 2.55. The van der Waals surface area contributed by atoms with E-state index in [2.05, 4.69) is 39.0 Å². The highest BCUT2D eigenvalue weighted by atomic mass is 16.5. The molecule has 0 saturated heterocycles. The highest BCUT2D eigenvalue weighted by Crippen LogP contribution is 2.31. The lowest BCUT2D eigenvalue weighted by molar-refractivity contribution is -0.0195. The van der Waals surface area contributed by atoms with Crippen molar-refractivity contribution in [1.82, 2.24) is 0 Å². The zero-order valence-electron chi connectivity index (χ0n) is 9.66. The molecule has 0 saturated carbocycles. The van der Waals surface area contributed by atoms with Crippen LogP contribution in [0.1, 0.15) is 36.6 Å². The summed E-state index contributed by atoms with van der Waals surface area (Å²) in [6.45, 7) is 7.12. The Labute approximate surface area is 91.4 Å². The molecule has 1 aliphatic rings. The van der Waals surface area contributed by atoms with Gasteiger partial charge in [-0.05, 0) is 24.0 Å². The van der Waals surface area contributed by atoms with Gasteiger partial charge in [0.05, 0.1) is 18.8 Å². The Hall–Kier alpha value is -0.860. The molecule has 1 aliphatic heterocycles. The molecule has 1 unspecified atom stereocenters. The number of hydrogen-bond acceptors (Lipinski definition) is 2. The Balaban J connectivity index is 2.36. The van der Waals surface area contributed by atoms with Gasteiger partial charge in [-0.3, -0.25) is 0 Å². The Morgan fingerprint density at radius 1 is 1.40 bits per heavy atom. The summed E-state index contributed by atoms with van der Waals surface area (Å²) in [7, 11) is 0. The molecule has 0 spiro atoms. The Bertz CT molecular complexity index is 360. The van der Waals surface area contributed by atoms with Gasteiger partial charge in [-0.15, -0.1) is 0 Å². The second kappa shape index (κ2) is 3.95. The second-order valence-corrected chi connectivity index (χ2v) is 4.75. The van der Waals surface area contributed by atoms with Crippen molar-refractivity contribution in [3.8, 4) is 0 Å². The van der Waals surface area contributed by atoms with Crippen LogP contribution in [0.2, 0.25) is 0 Å². The molecule has 2 rings (SSSR count). The van der Waals surface area contributed by atoms with E-state index < -0.39 is 0 Å². The molecule has 82 valence electrons. The first-order chi connectivity index (χ1) is 7.09. The van der Waals surface area contributed by atoms with E-state index in [9.17, 15) is 0 Å². The molecule has 1 aromatic carbocycles. The SMILES string of the molecule is Cc1ccc2c(c1)C(N)[C@@H](C(C)C)OC2. The minimum atomic E-state index is 0.0219. The van der Waals surface area contributed by atoms with Crippen LogP contribution in [-0.2, 0) is 11.3 Å². The molecule has 0 aliphatic carbocycles. The van der Waals surface area contributed by atoms with Gasteiger partial charge in [0.2, 0.25) is 0 Å². The molecular formula is C13H19NO. The molecule has 0 aromatic heterocycles. The van der Waals surface area contributed by atoms with E-state index in [-0.39, 0.29) is 12.1 Å². The van der Waals surface area contributed by atoms with Gasteiger partial charge < -0.3 is 10.5 Å². The first-order valence-corrected chi connectivity index (χ1v) is 5.56. The first kappa shape index (κ1) is 10.7. The average molecular weight is 205 g/mol. The van der Waals surface area contributed by atoms with E-state index in [4.69, 9.17) is 10.5 Å².